The monoisotopic (exact) mass is 485 g/mol. The Hall–Kier alpha value is -3.47. The highest BCUT2D eigenvalue weighted by Crippen LogP contribution is 2.32. The largest absolute Gasteiger partial charge is 0.377 e. The van der Waals surface area contributed by atoms with Crippen molar-refractivity contribution in [1.29, 1.82) is 0 Å². The average Bonchev–Trinajstić information content (AvgIpc) is 2.83. The number of amides is 4. The molecule has 0 saturated carbocycles. The van der Waals surface area contributed by atoms with Gasteiger partial charge in [-0.15, -0.1) is 0 Å². The molecular weight excluding hydrogens is 453 g/mol. The summed E-state index contributed by atoms with van der Waals surface area (Å²) >= 11 is 0. The highest BCUT2D eigenvalue weighted by Gasteiger charge is 2.31. The van der Waals surface area contributed by atoms with Crippen molar-refractivity contribution >= 4 is 23.6 Å². The van der Waals surface area contributed by atoms with Crippen LogP contribution in [0.1, 0.15) is 25.1 Å². The molecule has 1 aromatic heterocycles. The van der Waals surface area contributed by atoms with Crippen LogP contribution in [-0.4, -0.2) is 84.8 Å². The fourth-order valence-electron chi connectivity index (χ4n) is 4.37. The molecule has 3 heterocycles. The molecular formula is C24H32FN7O3. The van der Waals surface area contributed by atoms with Gasteiger partial charge in [0.2, 0.25) is 0 Å². The summed E-state index contributed by atoms with van der Waals surface area (Å²) in [6.07, 6.45) is 0.618. The molecule has 0 aliphatic carbocycles. The number of carbonyl (C=O) groups excluding carboxylic acids is 2. The number of morpholine rings is 1. The number of carbonyl (C=O) groups is 2. The minimum absolute atomic E-state index is 0.0935. The second kappa shape index (κ2) is 10.4. The first-order valence-electron chi connectivity index (χ1n) is 11.8. The molecule has 2 N–H and O–H groups in total. The number of ether oxygens (including phenoxy) is 1. The number of nitrogens with one attached hydrogen (secondary N) is 2. The molecule has 2 aliphatic rings. The topological polar surface area (TPSA) is 103 Å². The maximum absolute atomic E-state index is 15.2. The first kappa shape index (κ1) is 24.6. The van der Waals surface area contributed by atoms with Crippen LogP contribution in [0.25, 0.3) is 11.4 Å². The van der Waals surface area contributed by atoms with Gasteiger partial charge in [0, 0.05) is 45.0 Å². The molecule has 4 rings (SSSR count). The predicted octanol–water partition coefficient (Wildman–Crippen LogP) is 2.69. The molecule has 2 aliphatic heterocycles. The maximum Gasteiger partial charge on any atom is 0.319 e. The summed E-state index contributed by atoms with van der Waals surface area (Å²) in [6.45, 7) is 7.05. The summed E-state index contributed by atoms with van der Waals surface area (Å²) in [4.78, 5) is 39.4. The van der Waals surface area contributed by atoms with E-state index in [9.17, 15) is 9.59 Å². The lowest BCUT2D eigenvalue weighted by molar-refractivity contribution is 0.0983. The summed E-state index contributed by atoms with van der Waals surface area (Å²) in [7, 11) is 3.44. The van der Waals surface area contributed by atoms with Gasteiger partial charge in [0.25, 0.3) is 0 Å². The van der Waals surface area contributed by atoms with Crippen LogP contribution in [-0.2, 0) is 17.7 Å². The molecule has 1 saturated heterocycles. The van der Waals surface area contributed by atoms with Gasteiger partial charge in [0.1, 0.15) is 11.6 Å². The van der Waals surface area contributed by atoms with Gasteiger partial charge in [-0.2, -0.15) is 0 Å². The second-order valence-electron chi connectivity index (χ2n) is 8.94. The van der Waals surface area contributed by atoms with Gasteiger partial charge in [0.05, 0.1) is 37.1 Å². The first-order valence-corrected chi connectivity index (χ1v) is 11.8. The smallest absolute Gasteiger partial charge is 0.319 e. The molecule has 1 fully saturated rings. The zero-order valence-corrected chi connectivity index (χ0v) is 20.6. The number of hydrogen-bond acceptors (Lipinski definition) is 6. The first-order chi connectivity index (χ1) is 16.8. The van der Waals surface area contributed by atoms with Gasteiger partial charge in [-0.3, -0.25) is 0 Å². The Labute approximate surface area is 204 Å². The Bertz CT molecular complexity index is 1110. The molecule has 1 unspecified atom stereocenters. The van der Waals surface area contributed by atoms with E-state index >= 15 is 4.39 Å². The lowest BCUT2D eigenvalue weighted by atomic mass is 10.0. The van der Waals surface area contributed by atoms with Gasteiger partial charge < -0.3 is 30.1 Å². The minimum Gasteiger partial charge on any atom is -0.377 e. The summed E-state index contributed by atoms with van der Waals surface area (Å²) in [5, 5.41) is 5.22. The third-order valence-electron chi connectivity index (χ3n) is 6.14. The summed E-state index contributed by atoms with van der Waals surface area (Å²) in [5.41, 5.74) is 2.27. The number of anilines is 2. The number of hydrogen-bond donors (Lipinski definition) is 2. The predicted molar refractivity (Wildman–Crippen MR) is 131 cm³/mol. The van der Waals surface area contributed by atoms with Crippen LogP contribution in [0, 0.1) is 5.82 Å². The van der Waals surface area contributed by atoms with E-state index in [1.807, 2.05) is 0 Å². The standard InChI is InChI=1S/C24H32FN7O3/c1-5-26-23(33)27-16-6-7-17(19(25)12-16)21-28-20-13-31(24(34)30(3)4)9-8-18(20)22(29-21)32-10-11-35-14-15(32)2/h6-7,12,15H,5,8-11,13-14H2,1-4H3,(H2,26,27,33). The lowest BCUT2D eigenvalue weighted by Gasteiger charge is -2.38. The van der Waals surface area contributed by atoms with Crippen LogP contribution in [0.5, 0.6) is 0 Å². The van der Waals surface area contributed by atoms with Crippen LogP contribution >= 0.6 is 0 Å². The van der Waals surface area contributed by atoms with Crippen LogP contribution in [0.15, 0.2) is 18.2 Å². The molecule has 0 radical (unpaired) electrons. The number of urea groups is 2. The number of fused-ring (bicyclic) bond motifs is 1. The van der Waals surface area contributed by atoms with Gasteiger partial charge in [-0.05, 0) is 38.5 Å². The zero-order valence-electron chi connectivity index (χ0n) is 20.6. The fourth-order valence-corrected chi connectivity index (χ4v) is 4.37. The molecule has 35 heavy (non-hydrogen) atoms. The Balaban J connectivity index is 1.73. The van der Waals surface area contributed by atoms with E-state index in [-0.39, 0.29) is 23.5 Å². The highest BCUT2D eigenvalue weighted by molar-refractivity contribution is 5.89. The molecule has 188 valence electrons. The Morgan fingerprint density at radius 2 is 2.06 bits per heavy atom. The van der Waals surface area contributed by atoms with E-state index in [0.29, 0.717) is 57.2 Å². The number of aromatic nitrogens is 2. The van der Waals surface area contributed by atoms with Crippen LogP contribution in [0.4, 0.5) is 25.5 Å². The van der Waals surface area contributed by atoms with E-state index in [0.717, 1.165) is 11.4 Å². The third-order valence-corrected chi connectivity index (χ3v) is 6.14. The van der Waals surface area contributed by atoms with Gasteiger partial charge >= 0.3 is 12.1 Å². The number of benzene rings is 1. The van der Waals surface area contributed by atoms with Crippen molar-refractivity contribution in [2.45, 2.75) is 32.9 Å². The van der Waals surface area contributed by atoms with Crippen molar-refractivity contribution in [2.24, 2.45) is 0 Å². The van der Waals surface area contributed by atoms with Crippen LogP contribution < -0.4 is 15.5 Å². The van der Waals surface area contributed by atoms with Gasteiger partial charge in [0.15, 0.2) is 5.82 Å². The molecule has 1 atom stereocenters. The van der Waals surface area contributed by atoms with Gasteiger partial charge in [-0.25, -0.2) is 23.9 Å². The summed E-state index contributed by atoms with van der Waals surface area (Å²) < 4.78 is 20.8. The summed E-state index contributed by atoms with van der Waals surface area (Å²) in [5.74, 6) is 0.470. The molecule has 11 heteroatoms. The average molecular weight is 486 g/mol. The minimum atomic E-state index is -0.544. The molecule has 0 spiro atoms. The maximum atomic E-state index is 15.2. The highest BCUT2D eigenvalue weighted by atomic mass is 19.1. The SMILES string of the molecule is CCNC(=O)Nc1ccc(-c2nc3c(c(N4CCOCC4C)n2)CCN(C(=O)N(C)C)C3)c(F)c1. The normalized spacial score (nSPS) is 17.6. The molecule has 1 aromatic carbocycles. The van der Waals surface area contributed by atoms with Crippen molar-refractivity contribution in [3.05, 3.63) is 35.3 Å². The van der Waals surface area contributed by atoms with Crippen LogP contribution in [0.3, 0.4) is 0 Å². The van der Waals surface area contributed by atoms with Crippen molar-refractivity contribution < 1.29 is 18.7 Å². The fraction of sp³-hybridized carbons (Fsp3) is 0.500. The number of halogens is 1. The number of rotatable bonds is 4. The lowest BCUT2D eigenvalue weighted by Crippen LogP contribution is -2.46. The Morgan fingerprint density at radius 1 is 1.26 bits per heavy atom. The van der Waals surface area contributed by atoms with Crippen molar-refractivity contribution in [3.8, 4) is 11.4 Å². The van der Waals surface area contributed by atoms with Crippen LogP contribution in [0.2, 0.25) is 0 Å². The number of nitrogens with zero attached hydrogens (tertiary/aromatic N) is 5. The molecule has 2 aromatic rings. The van der Waals surface area contributed by atoms with E-state index in [1.54, 1.807) is 38.1 Å². The van der Waals surface area contributed by atoms with Crippen molar-refractivity contribution in [2.75, 3.05) is 57.2 Å². The Kier molecular flexibility index (Phi) is 7.34. The third kappa shape index (κ3) is 5.29. The molecule has 4 amide bonds. The second-order valence-corrected chi connectivity index (χ2v) is 8.94. The van der Waals surface area contributed by atoms with Gasteiger partial charge in [-0.1, -0.05) is 0 Å². The molecule has 0 bridgehead atoms. The van der Waals surface area contributed by atoms with E-state index in [4.69, 9.17) is 14.7 Å². The summed E-state index contributed by atoms with van der Waals surface area (Å²) in [6, 6.07) is 4.05. The Morgan fingerprint density at radius 3 is 2.74 bits per heavy atom. The van der Waals surface area contributed by atoms with E-state index in [2.05, 4.69) is 22.5 Å². The molecule has 10 nitrogen and oxygen atoms in total. The van der Waals surface area contributed by atoms with E-state index < -0.39 is 11.8 Å². The van der Waals surface area contributed by atoms with E-state index in [1.165, 1.54) is 11.0 Å². The quantitative estimate of drug-likeness (QED) is 0.690. The van der Waals surface area contributed by atoms with Crippen molar-refractivity contribution in [1.82, 2.24) is 25.1 Å². The zero-order chi connectivity index (χ0) is 25.1. The van der Waals surface area contributed by atoms with Crippen molar-refractivity contribution in [3.63, 3.8) is 0 Å².